The molecule has 2 nitrogen and oxygen atoms in total. The van der Waals surface area contributed by atoms with Crippen LogP contribution >= 0.6 is 15.9 Å². The van der Waals surface area contributed by atoms with E-state index in [0.29, 0.717) is 0 Å². The second-order valence-corrected chi connectivity index (χ2v) is 2.88. The van der Waals surface area contributed by atoms with Gasteiger partial charge in [-0.25, -0.2) is 0 Å². The molecular weight excluding hydrogens is 239 g/mol. The van der Waals surface area contributed by atoms with Gasteiger partial charge in [0.1, 0.15) is 5.56 Å². The molecule has 6 heteroatoms. The van der Waals surface area contributed by atoms with Crippen LogP contribution in [0.2, 0.25) is 0 Å². The number of nitrogens with one attached hydrogen (secondary N) is 1. The molecule has 0 radical (unpaired) electrons. The van der Waals surface area contributed by atoms with E-state index in [1.807, 2.05) is 4.98 Å². The Morgan fingerprint density at radius 2 is 2.00 bits per heavy atom. The van der Waals surface area contributed by atoms with Gasteiger partial charge in [0.25, 0.3) is 5.56 Å². The van der Waals surface area contributed by atoms with Crippen LogP contribution in [0.3, 0.4) is 0 Å². The molecule has 0 aliphatic rings. The molecule has 0 fully saturated rings. The maximum Gasteiger partial charge on any atom is 0.422 e. The van der Waals surface area contributed by atoms with E-state index >= 15 is 0 Å². The standard InChI is InChI=1S/C6H3BrF3NO/c7-3-1-2-11-5(12)4(3)6(8,9)10/h1-2H,(H,11,12). The van der Waals surface area contributed by atoms with Gasteiger partial charge in [0.2, 0.25) is 0 Å². The van der Waals surface area contributed by atoms with E-state index in [0.717, 1.165) is 12.3 Å². The molecule has 1 rings (SSSR count). The zero-order chi connectivity index (χ0) is 9.35. The second-order valence-electron chi connectivity index (χ2n) is 2.03. The Morgan fingerprint density at radius 3 is 2.33 bits per heavy atom. The largest absolute Gasteiger partial charge is 0.422 e. The van der Waals surface area contributed by atoms with Gasteiger partial charge in [0.15, 0.2) is 0 Å². The average molecular weight is 242 g/mol. The van der Waals surface area contributed by atoms with Crippen LogP contribution in [0.15, 0.2) is 21.5 Å². The highest BCUT2D eigenvalue weighted by Gasteiger charge is 2.36. The molecule has 0 saturated heterocycles. The lowest BCUT2D eigenvalue weighted by Gasteiger charge is -2.05. The summed E-state index contributed by atoms with van der Waals surface area (Å²) >= 11 is 2.64. The number of aromatic nitrogens is 1. The number of hydrogen-bond donors (Lipinski definition) is 1. The fraction of sp³-hybridized carbons (Fsp3) is 0.167. The highest BCUT2D eigenvalue weighted by atomic mass is 79.9. The minimum absolute atomic E-state index is 0.251. The highest BCUT2D eigenvalue weighted by molar-refractivity contribution is 9.10. The Morgan fingerprint density at radius 1 is 1.42 bits per heavy atom. The van der Waals surface area contributed by atoms with Crippen LogP contribution in [-0.4, -0.2) is 4.98 Å². The van der Waals surface area contributed by atoms with Crippen LogP contribution in [-0.2, 0) is 6.18 Å². The van der Waals surface area contributed by atoms with Gasteiger partial charge in [-0.1, -0.05) is 0 Å². The molecule has 0 unspecified atom stereocenters. The third-order valence-electron chi connectivity index (χ3n) is 1.19. The maximum atomic E-state index is 12.1. The van der Waals surface area contributed by atoms with Crippen LogP contribution < -0.4 is 5.56 Å². The first-order valence-corrected chi connectivity index (χ1v) is 3.66. The summed E-state index contributed by atoms with van der Waals surface area (Å²) < 4.78 is 35.9. The van der Waals surface area contributed by atoms with Crippen molar-refractivity contribution in [3.05, 3.63) is 32.7 Å². The van der Waals surface area contributed by atoms with Gasteiger partial charge in [-0.05, 0) is 22.0 Å². The Bertz CT molecular complexity index is 343. The van der Waals surface area contributed by atoms with E-state index < -0.39 is 17.3 Å². The number of pyridine rings is 1. The quantitative estimate of drug-likeness (QED) is 0.742. The summed E-state index contributed by atoms with van der Waals surface area (Å²) in [6.45, 7) is 0. The van der Waals surface area contributed by atoms with Gasteiger partial charge in [-0.2, -0.15) is 13.2 Å². The van der Waals surface area contributed by atoms with Crippen LogP contribution in [0.25, 0.3) is 0 Å². The number of hydrogen-bond acceptors (Lipinski definition) is 1. The minimum atomic E-state index is -4.62. The predicted octanol–water partition coefficient (Wildman–Crippen LogP) is 2.16. The summed E-state index contributed by atoms with van der Waals surface area (Å²) in [6.07, 6.45) is -3.48. The number of halogens is 4. The summed E-state index contributed by atoms with van der Waals surface area (Å²) in [4.78, 5) is 12.6. The lowest BCUT2D eigenvalue weighted by molar-refractivity contribution is -0.139. The normalized spacial score (nSPS) is 11.7. The Kier molecular flexibility index (Phi) is 2.27. The van der Waals surface area contributed by atoms with Crippen molar-refractivity contribution in [3.63, 3.8) is 0 Å². The SMILES string of the molecule is O=c1[nH]ccc(Br)c1C(F)(F)F. The summed E-state index contributed by atoms with van der Waals surface area (Å²) in [5.41, 5.74) is -2.35. The molecule has 0 atom stereocenters. The summed E-state index contributed by atoms with van der Waals surface area (Å²) in [7, 11) is 0. The monoisotopic (exact) mass is 241 g/mol. The van der Waals surface area contributed by atoms with Crippen LogP contribution in [0.1, 0.15) is 5.56 Å². The van der Waals surface area contributed by atoms with Gasteiger partial charge in [-0.3, -0.25) is 4.79 Å². The molecule has 0 spiro atoms. The van der Waals surface area contributed by atoms with Gasteiger partial charge >= 0.3 is 6.18 Å². The summed E-state index contributed by atoms with van der Waals surface area (Å²) in [5.74, 6) is 0. The number of rotatable bonds is 0. The van der Waals surface area contributed by atoms with Crippen molar-refractivity contribution in [1.82, 2.24) is 4.98 Å². The Balaban J connectivity index is 3.42. The fourth-order valence-corrected chi connectivity index (χ4v) is 1.26. The molecule has 12 heavy (non-hydrogen) atoms. The second kappa shape index (κ2) is 2.93. The summed E-state index contributed by atoms with van der Waals surface area (Å²) in [6, 6.07) is 1.13. The molecule has 0 aromatic carbocycles. The molecule has 1 aromatic rings. The van der Waals surface area contributed by atoms with E-state index in [-0.39, 0.29) is 4.47 Å². The van der Waals surface area contributed by atoms with E-state index in [1.165, 1.54) is 0 Å². The molecule has 66 valence electrons. The van der Waals surface area contributed by atoms with Crippen molar-refractivity contribution >= 4 is 15.9 Å². The van der Waals surface area contributed by atoms with Gasteiger partial charge in [0.05, 0.1) is 0 Å². The topological polar surface area (TPSA) is 32.9 Å². The first-order valence-electron chi connectivity index (χ1n) is 2.87. The Labute approximate surface area is 73.5 Å². The first kappa shape index (κ1) is 9.31. The zero-order valence-corrected chi connectivity index (χ0v) is 7.16. The predicted molar refractivity (Wildman–Crippen MR) is 39.8 cm³/mol. The fourth-order valence-electron chi connectivity index (χ4n) is 0.719. The van der Waals surface area contributed by atoms with Crippen molar-refractivity contribution in [2.24, 2.45) is 0 Å². The molecule has 0 saturated carbocycles. The third-order valence-corrected chi connectivity index (χ3v) is 1.85. The van der Waals surface area contributed by atoms with E-state index in [9.17, 15) is 18.0 Å². The van der Waals surface area contributed by atoms with Gasteiger partial charge in [-0.15, -0.1) is 0 Å². The molecule has 0 aliphatic heterocycles. The molecule has 0 aliphatic carbocycles. The number of aromatic amines is 1. The number of alkyl halides is 3. The molecule has 1 N–H and O–H groups in total. The van der Waals surface area contributed by atoms with E-state index in [2.05, 4.69) is 15.9 Å². The molecule has 0 amide bonds. The smallest absolute Gasteiger partial charge is 0.329 e. The van der Waals surface area contributed by atoms with Gasteiger partial charge in [0, 0.05) is 10.7 Å². The highest BCUT2D eigenvalue weighted by Crippen LogP contribution is 2.31. The molecular formula is C6H3BrF3NO. The lowest BCUT2D eigenvalue weighted by Crippen LogP contribution is -2.21. The lowest BCUT2D eigenvalue weighted by atomic mass is 10.3. The molecule has 1 heterocycles. The van der Waals surface area contributed by atoms with Crippen LogP contribution in [0.5, 0.6) is 0 Å². The molecule has 0 bridgehead atoms. The summed E-state index contributed by atoms with van der Waals surface area (Å²) in [5, 5.41) is 0. The minimum Gasteiger partial charge on any atom is -0.329 e. The first-order chi connectivity index (χ1) is 5.43. The zero-order valence-electron chi connectivity index (χ0n) is 5.57. The number of H-pyrrole nitrogens is 1. The van der Waals surface area contributed by atoms with Crippen molar-refractivity contribution in [3.8, 4) is 0 Å². The molecule has 1 aromatic heterocycles. The van der Waals surface area contributed by atoms with Gasteiger partial charge < -0.3 is 4.98 Å². The third kappa shape index (κ3) is 1.69. The maximum absolute atomic E-state index is 12.1. The van der Waals surface area contributed by atoms with Crippen molar-refractivity contribution in [1.29, 1.82) is 0 Å². The van der Waals surface area contributed by atoms with E-state index in [1.54, 1.807) is 0 Å². The van der Waals surface area contributed by atoms with Crippen molar-refractivity contribution < 1.29 is 13.2 Å². The van der Waals surface area contributed by atoms with Crippen molar-refractivity contribution in [2.75, 3.05) is 0 Å². The van der Waals surface area contributed by atoms with Crippen LogP contribution in [0, 0.1) is 0 Å². The van der Waals surface area contributed by atoms with E-state index in [4.69, 9.17) is 0 Å². The van der Waals surface area contributed by atoms with Crippen LogP contribution in [0.4, 0.5) is 13.2 Å². The Hall–Kier alpha value is -0.780. The van der Waals surface area contributed by atoms with Crippen molar-refractivity contribution in [2.45, 2.75) is 6.18 Å². The average Bonchev–Trinajstić information content (AvgIpc) is 1.82.